The highest BCUT2D eigenvalue weighted by Gasteiger charge is 2.15. The minimum absolute atomic E-state index is 0.106. The summed E-state index contributed by atoms with van der Waals surface area (Å²) in [6.07, 6.45) is 0.914. The number of aromatic nitrogens is 1. The average Bonchev–Trinajstić information content (AvgIpc) is 2.18. The Morgan fingerprint density at radius 1 is 1.47 bits per heavy atom. The number of halogens is 1. The summed E-state index contributed by atoms with van der Waals surface area (Å²) >= 11 is 5.77. The van der Waals surface area contributed by atoms with Crippen LogP contribution in [0.25, 0.3) is 0 Å². The van der Waals surface area contributed by atoms with Crippen LogP contribution in [-0.4, -0.2) is 24.2 Å². The number of rotatable bonds is 5. The molecule has 0 fully saturated rings. The van der Waals surface area contributed by atoms with E-state index >= 15 is 0 Å². The van der Waals surface area contributed by atoms with E-state index in [9.17, 15) is 0 Å². The number of hydrogen-bond donors (Lipinski definition) is 1. The lowest BCUT2D eigenvalue weighted by molar-refractivity contribution is 0.0185. The minimum Gasteiger partial charge on any atom is -0.379 e. The average molecular weight is 229 g/mol. The van der Waals surface area contributed by atoms with Gasteiger partial charge in [-0.1, -0.05) is 17.7 Å². The molecule has 4 heteroatoms. The third-order valence-corrected chi connectivity index (χ3v) is 2.51. The Labute approximate surface area is 95.8 Å². The van der Waals surface area contributed by atoms with Crippen molar-refractivity contribution in [3.05, 3.63) is 23.4 Å². The molecule has 15 heavy (non-hydrogen) atoms. The van der Waals surface area contributed by atoms with Gasteiger partial charge in [-0.15, -0.1) is 0 Å². The van der Waals surface area contributed by atoms with E-state index < -0.39 is 0 Å². The van der Waals surface area contributed by atoms with Crippen molar-refractivity contribution in [2.24, 2.45) is 0 Å². The van der Waals surface area contributed by atoms with Gasteiger partial charge in [0, 0.05) is 13.7 Å². The molecule has 1 aromatic heterocycles. The van der Waals surface area contributed by atoms with Gasteiger partial charge in [-0.05, 0) is 32.4 Å². The summed E-state index contributed by atoms with van der Waals surface area (Å²) in [6.45, 7) is 4.92. The maximum absolute atomic E-state index is 5.77. The maximum atomic E-state index is 5.77. The van der Waals surface area contributed by atoms with Crippen LogP contribution in [0.1, 0.15) is 20.3 Å². The molecular formula is C11H17ClN2O. The standard InChI is InChI=1S/C11H17ClN2O/c1-11(2,15-3)7-8-13-10-6-4-5-9(12)14-10/h4-6H,7-8H2,1-3H3,(H,13,14). The highest BCUT2D eigenvalue weighted by atomic mass is 35.5. The van der Waals surface area contributed by atoms with Crippen LogP contribution in [0.4, 0.5) is 5.82 Å². The van der Waals surface area contributed by atoms with Crippen LogP contribution >= 0.6 is 11.6 Å². The predicted octanol–water partition coefficient (Wildman–Crippen LogP) is 2.96. The first-order chi connectivity index (χ1) is 7.03. The van der Waals surface area contributed by atoms with Crippen LogP contribution in [-0.2, 0) is 4.74 Å². The van der Waals surface area contributed by atoms with Gasteiger partial charge in [-0.25, -0.2) is 4.98 Å². The Balaban J connectivity index is 2.38. The first kappa shape index (κ1) is 12.3. The molecule has 0 saturated heterocycles. The summed E-state index contributed by atoms with van der Waals surface area (Å²) in [6, 6.07) is 5.52. The molecule has 0 bridgehead atoms. The largest absolute Gasteiger partial charge is 0.379 e. The first-order valence-electron chi connectivity index (χ1n) is 4.95. The molecule has 0 aliphatic carbocycles. The van der Waals surface area contributed by atoms with Gasteiger partial charge in [0.1, 0.15) is 11.0 Å². The zero-order valence-corrected chi connectivity index (χ0v) is 10.1. The third kappa shape index (κ3) is 4.49. The molecular weight excluding hydrogens is 212 g/mol. The van der Waals surface area contributed by atoms with E-state index in [1.165, 1.54) is 0 Å². The van der Waals surface area contributed by atoms with Crippen molar-refractivity contribution in [1.82, 2.24) is 4.98 Å². The third-order valence-electron chi connectivity index (χ3n) is 2.30. The second-order valence-corrected chi connectivity index (χ2v) is 4.37. The number of ether oxygens (including phenoxy) is 1. The highest BCUT2D eigenvalue weighted by molar-refractivity contribution is 6.29. The fraction of sp³-hybridized carbons (Fsp3) is 0.545. The van der Waals surface area contributed by atoms with Gasteiger partial charge in [0.05, 0.1) is 5.60 Å². The molecule has 0 aliphatic heterocycles. The van der Waals surface area contributed by atoms with E-state index in [2.05, 4.69) is 24.1 Å². The van der Waals surface area contributed by atoms with Gasteiger partial charge < -0.3 is 10.1 Å². The van der Waals surface area contributed by atoms with Gasteiger partial charge in [-0.2, -0.15) is 0 Å². The number of methoxy groups -OCH3 is 1. The zero-order valence-electron chi connectivity index (χ0n) is 9.38. The van der Waals surface area contributed by atoms with Gasteiger partial charge in [-0.3, -0.25) is 0 Å². The Kier molecular flexibility index (Phi) is 4.36. The monoisotopic (exact) mass is 228 g/mol. The SMILES string of the molecule is COC(C)(C)CCNc1cccc(Cl)n1. The van der Waals surface area contributed by atoms with Crippen molar-refractivity contribution >= 4 is 17.4 Å². The zero-order chi connectivity index (χ0) is 11.3. The summed E-state index contributed by atoms with van der Waals surface area (Å²) < 4.78 is 5.31. The lowest BCUT2D eigenvalue weighted by atomic mass is 10.1. The number of nitrogens with one attached hydrogen (secondary N) is 1. The van der Waals surface area contributed by atoms with E-state index in [0.29, 0.717) is 5.15 Å². The molecule has 1 rings (SSSR count). The summed E-state index contributed by atoms with van der Waals surface area (Å²) in [4.78, 5) is 4.13. The van der Waals surface area contributed by atoms with Crippen LogP contribution in [0.15, 0.2) is 18.2 Å². The Morgan fingerprint density at radius 2 is 2.20 bits per heavy atom. The molecule has 0 amide bonds. The van der Waals surface area contributed by atoms with Crippen LogP contribution in [0, 0.1) is 0 Å². The quantitative estimate of drug-likeness (QED) is 0.787. The highest BCUT2D eigenvalue weighted by Crippen LogP contribution is 2.14. The lowest BCUT2D eigenvalue weighted by Gasteiger charge is -2.22. The second kappa shape index (κ2) is 5.33. The number of nitrogens with zero attached hydrogens (tertiary/aromatic N) is 1. The van der Waals surface area contributed by atoms with E-state index in [0.717, 1.165) is 18.8 Å². The Hall–Kier alpha value is -0.800. The van der Waals surface area contributed by atoms with E-state index in [-0.39, 0.29) is 5.60 Å². The Morgan fingerprint density at radius 3 is 2.80 bits per heavy atom. The maximum Gasteiger partial charge on any atom is 0.131 e. The number of anilines is 1. The van der Waals surface area contributed by atoms with Crippen molar-refractivity contribution in [2.75, 3.05) is 19.0 Å². The van der Waals surface area contributed by atoms with Gasteiger partial charge in [0.15, 0.2) is 0 Å². The van der Waals surface area contributed by atoms with Crippen LogP contribution < -0.4 is 5.32 Å². The fourth-order valence-electron chi connectivity index (χ4n) is 1.10. The van der Waals surface area contributed by atoms with Crippen LogP contribution in [0.5, 0.6) is 0 Å². The van der Waals surface area contributed by atoms with Gasteiger partial charge >= 0.3 is 0 Å². The lowest BCUT2D eigenvalue weighted by Crippen LogP contribution is -2.25. The summed E-state index contributed by atoms with van der Waals surface area (Å²) in [5.41, 5.74) is -0.106. The molecule has 0 spiro atoms. The van der Waals surface area contributed by atoms with Crippen molar-refractivity contribution in [2.45, 2.75) is 25.9 Å². The molecule has 1 heterocycles. The molecule has 1 aromatic rings. The molecule has 3 nitrogen and oxygen atoms in total. The molecule has 1 N–H and O–H groups in total. The van der Waals surface area contributed by atoms with Crippen molar-refractivity contribution in [3.8, 4) is 0 Å². The molecule has 0 aliphatic rings. The molecule has 0 aromatic carbocycles. The summed E-state index contributed by atoms with van der Waals surface area (Å²) in [5, 5.41) is 3.71. The van der Waals surface area contributed by atoms with Gasteiger partial charge in [0.2, 0.25) is 0 Å². The van der Waals surface area contributed by atoms with Crippen molar-refractivity contribution in [1.29, 1.82) is 0 Å². The molecule has 0 saturated carbocycles. The normalized spacial score (nSPS) is 11.5. The first-order valence-corrected chi connectivity index (χ1v) is 5.33. The Bertz CT molecular complexity index is 315. The minimum atomic E-state index is -0.106. The van der Waals surface area contributed by atoms with Gasteiger partial charge in [0.25, 0.3) is 0 Å². The topological polar surface area (TPSA) is 34.1 Å². The summed E-state index contributed by atoms with van der Waals surface area (Å²) in [7, 11) is 1.72. The van der Waals surface area contributed by atoms with E-state index in [1.54, 1.807) is 13.2 Å². The number of hydrogen-bond acceptors (Lipinski definition) is 3. The van der Waals surface area contributed by atoms with E-state index in [4.69, 9.17) is 16.3 Å². The smallest absolute Gasteiger partial charge is 0.131 e. The molecule has 0 unspecified atom stereocenters. The van der Waals surface area contributed by atoms with Crippen LogP contribution in [0.3, 0.4) is 0 Å². The van der Waals surface area contributed by atoms with Crippen LogP contribution in [0.2, 0.25) is 5.15 Å². The second-order valence-electron chi connectivity index (χ2n) is 3.99. The van der Waals surface area contributed by atoms with Crippen molar-refractivity contribution in [3.63, 3.8) is 0 Å². The summed E-state index contributed by atoms with van der Waals surface area (Å²) in [5.74, 6) is 0.800. The molecule has 0 atom stereocenters. The van der Waals surface area contributed by atoms with Crippen molar-refractivity contribution < 1.29 is 4.74 Å². The fourth-order valence-corrected chi connectivity index (χ4v) is 1.26. The molecule has 84 valence electrons. The predicted molar refractivity (Wildman–Crippen MR) is 63.4 cm³/mol. The number of pyridine rings is 1. The van der Waals surface area contributed by atoms with E-state index in [1.807, 2.05) is 12.1 Å². The molecule has 0 radical (unpaired) electrons.